The molecule has 0 aliphatic heterocycles. The fourth-order valence-corrected chi connectivity index (χ4v) is 2.84. The molecule has 1 unspecified atom stereocenters. The van der Waals surface area contributed by atoms with Gasteiger partial charge >= 0.3 is 0 Å². The molecule has 6 heteroatoms. The molecular formula is C17H16Cl2N2O2. The summed E-state index contributed by atoms with van der Waals surface area (Å²) in [7, 11) is 1.00. The summed E-state index contributed by atoms with van der Waals surface area (Å²) < 4.78 is 0. The van der Waals surface area contributed by atoms with Gasteiger partial charge in [0.1, 0.15) is 11.3 Å². The van der Waals surface area contributed by atoms with Crippen molar-refractivity contribution in [1.82, 2.24) is 4.98 Å². The Bertz CT molecular complexity index is 825. The Morgan fingerprint density at radius 2 is 1.74 bits per heavy atom. The van der Waals surface area contributed by atoms with Crippen LogP contribution in [0.2, 0.25) is 10.0 Å². The number of phenols is 1. The van der Waals surface area contributed by atoms with Crippen LogP contribution in [0.1, 0.15) is 17.2 Å². The molecule has 1 heterocycles. The number of nitrogens with zero attached hydrogens (tertiary/aromatic N) is 1. The van der Waals surface area contributed by atoms with Crippen LogP contribution < -0.4 is 5.73 Å². The van der Waals surface area contributed by atoms with Gasteiger partial charge < -0.3 is 15.9 Å². The van der Waals surface area contributed by atoms with Crippen molar-refractivity contribution < 1.29 is 10.2 Å². The van der Waals surface area contributed by atoms with E-state index in [1.165, 1.54) is 0 Å². The van der Waals surface area contributed by atoms with E-state index in [-0.39, 0.29) is 5.75 Å². The summed E-state index contributed by atoms with van der Waals surface area (Å²) in [5.74, 6) is 0.0756. The number of pyridine rings is 1. The van der Waals surface area contributed by atoms with Crippen molar-refractivity contribution in [3.05, 3.63) is 69.8 Å². The highest BCUT2D eigenvalue weighted by molar-refractivity contribution is 6.35. The molecule has 3 aromatic rings. The number of fused-ring (bicyclic) bond motifs is 1. The van der Waals surface area contributed by atoms with Crippen molar-refractivity contribution in [2.75, 3.05) is 7.11 Å². The highest BCUT2D eigenvalue weighted by Crippen LogP contribution is 2.35. The van der Waals surface area contributed by atoms with E-state index in [1.54, 1.807) is 30.5 Å². The highest BCUT2D eigenvalue weighted by atomic mass is 35.5. The minimum Gasteiger partial charge on any atom is -0.505 e. The number of aromatic nitrogens is 1. The van der Waals surface area contributed by atoms with E-state index in [2.05, 4.69) is 4.98 Å². The predicted molar refractivity (Wildman–Crippen MR) is 94.0 cm³/mol. The zero-order valence-corrected chi connectivity index (χ0v) is 13.9. The highest BCUT2D eigenvalue weighted by Gasteiger charge is 2.18. The van der Waals surface area contributed by atoms with E-state index in [0.717, 1.165) is 12.5 Å². The molecule has 0 radical (unpaired) electrons. The lowest BCUT2D eigenvalue weighted by Crippen LogP contribution is -2.12. The summed E-state index contributed by atoms with van der Waals surface area (Å²) in [6, 6.07) is 11.9. The molecule has 3 rings (SSSR count). The lowest BCUT2D eigenvalue weighted by atomic mass is 9.97. The monoisotopic (exact) mass is 350 g/mol. The van der Waals surface area contributed by atoms with Gasteiger partial charge in [-0.2, -0.15) is 0 Å². The normalized spacial score (nSPS) is 11.7. The lowest BCUT2D eigenvalue weighted by molar-refractivity contribution is 0.399. The second kappa shape index (κ2) is 7.62. The van der Waals surface area contributed by atoms with Gasteiger partial charge in [0.2, 0.25) is 0 Å². The van der Waals surface area contributed by atoms with Crippen molar-refractivity contribution in [2.45, 2.75) is 6.04 Å². The van der Waals surface area contributed by atoms with Crippen molar-refractivity contribution in [3.8, 4) is 5.75 Å². The Morgan fingerprint density at radius 3 is 2.43 bits per heavy atom. The Labute approximate surface area is 144 Å². The van der Waals surface area contributed by atoms with Crippen LogP contribution in [0.3, 0.4) is 0 Å². The molecular weight excluding hydrogens is 335 g/mol. The molecule has 0 bridgehead atoms. The van der Waals surface area contributed by atoms with Gasteiger partial charge in [0.05, 0.1) is 6.04 Å². The average Bonchev–Trinajstić information content (AvgIpc) is 2.57. The Hall–Kier alpha value is -1.85. The number of aliphatic hydroxyl groups excluding tert-OH is 1. The number of rotatable bonds is 2. The second-order valence-electron chi connectivity index (χ2n) is 4.72. The maximum Gasteiger partial charge on any atom is 0.146 e. The zero-order chi connectivity index (χ0) is 17.0. The summed E-state index contributed by atoms with van der Waals surface area (Å²) in [6.07, 6.45) is 1.63. The SMILES string of the molecule is CO.NC(c1ccc(Cl)cc1Cl)c1ccc2cccnc2c1O. The molecule has 0 aliphatic rings. The van der Waals surface area contributed by atoms with Gasteiger partial charge in [-0.3, -0.25) is 4.98 Å². The molecule has 0 aliphatic carbocycles. The van der Waals surface area contributed by atoms with Gasteiger partial charge in [0.25, 0.3) is 0 Å². The van der Waals surface area contributed by atoms with Gasteiger partial charge in [-0.1, -0.05) is 47.5 Å². The number of hydrogen-bond donors (Lipinski definition) is 3. The first-order valence-corrected chi connectivity index (χ1v) is 7.55. The van der Waals surface area contributed by atoms with E-state index in [9.17, 15) is 5.11 Å². The molecule has 4 nitrogen and oxygen atoms in total. The third-order valence-electron chi connectivity index (χ3n) is 3.41. The molecule has 0 fully saturated rings. The third-order valence-corrected chi connectivity index (χ3v) is 3.97. The van der Waals surface area contributed by atoms with Crippen LogP contribution in [0, 0.1) is 0 Å². The minimum atomic E-state index is -0.554. The number of nitrogens with two attached hydrogens (primary N) is 1. The van der Waals surface area contributed by atoms with Crippen molar-refractivity contribution >= 4 is 34.1 Å². The minimum absolute atomic E-state index is 0.0756. The number of aliphatic hydroxyl groups is 1. The quantitative estimate of drug-likeness (QED) is 0.654. The summed E-state index contributed by atoms with van der Waals surface area (Å²) >= 11 is 12.1. The van der Waals surface area contributed by atoms with E-state index in [4.69, 9.17) is 34.0 Å². The fraction of sp³-hybridized carbons (Fsp3) is 0.118. The van der Waals surface area contributed by atoms with Crippen LogP contribution in [-0.4, -0.2) is 22.3 Å². The Kier molecular flexibility index (Phi) is 5.80. The standard InChI is InChI=1S/C16H12Cl2N2O.CH4O/c17-10-4-6-11(13(18)8-10)14(19)12-5-3-9-2-1-7-20-15(9)16(12)21;1-2/h1-8,14,21H,19H2;2H,1H3. The number of aromatic hydroxyl groups is 1. The fourth-order valence-electron chi connectivity index (χ4n) is 2.32. The molecule has 0 saturated carbocycles. The first-order chi connectivity index (χ1) is 11.1. The molecule has 23 heavy (non-hydrogen) atoms. The topological polar surface area (TPSA) is 79.4 Å². The first kappa shape index (κ1) is 17.5. The molecule has 0 saturated heterocycles. The molecule has 4 N–H and O–H groups in total. The molecule has 1 atom stereocenters. The van der Waals surface area contributed by atoms with Crippen molar-refractivity contribution in [3.63, 3.8) is 0 Å². The van der Waals surface area contributed by atoms with Gasteiger partial charge in [0, 0.05) is 34.3 Å². The first-order valence-electron chi connectivity index (χ1n) is 6.80. The van der Waals surface area contributed by atoms with Crippen LogP contribution in [0.25, 0.3) is 10.9 Å². The van der Waals surface area contributed by atoms with Crippen LogP contribution in [0.15, 0.2) is 48.7 Å². The van der Waals surface area contributed by atoms with Crippen LogP contribution in [0.5, 0.6) is 5.75 Å². The molecule has 2 aromatic carbocycles. The van der Waals surface area contributed by atoms with Crippen molar-refractivity contribution in [1.29, 1.82) is 0 Å². The Morgan fingerprint density at radius 1 is 1.04 bits per heavy atom. The van der Waals surface area contributed by atoms with Crippen LogP contribution >= 0.6 is 23.2 Å². The number of hydrogen-bond acceptors (Lipinski definition) is 4. The Balaban J connectivity index is 0.000000924. The third kappa shape index (κ3) is 3.57. The molecule has 0 amide bonds. The number of phenolic OH excluding ortho intramolecular Hbond substituents is 1. The molecule has 0 spiro atoms. The van der Waals surface area contributed by atoms with Gasteiger partial charge in [0.15, 0.2) is 0 Å². The van der Waals surface area contributed by atoms with E-state index < -0.39 is 6.04 Å². The lowest BCUT2D eigenvalue weighted by Gasteiger charge is -2.16. The molecule has 120 valence electrons. The summed E-state index contributed by atoms with van der Waals surface area (Å²) in [4.78, 5) is 4.19. The van der Waals surface area contributed by atoms with Crippen LogP contribution in [-0.2, 0) is 0 Å². The second-order valence-corrected chi connectivity index (χ2v) is 5.57. The number of halogens is 2. The average molecular weight is 351 g/mol. The summed E-state index contributed by atoms with van der Waals surface area (Å²) in [5, 5.41) is 19.3. The van der Waals surface area contributed by atoms with E-state index >= 15 is 0 Å². The largest absolute Gasteiger partial charge is 0.505 e. The van der Waals surface area contributed by atoms with E-state index in [1.807, 2.05) is 18.2 Å². The smallest absolute Gasteiger partial charge is 0.146 e. The van der Waals surface area contributed by atoms with Gasteiger partial charge in [-0.05, 0) is 23.8 Å². The van der Waals surface area contributed by atoms with Gasteiger partial charge in [-0.25, -0.2) is 0 Å². The number of benzene rings is 2. The summed E-state index contributed by atoms with van der Waals surface area (Å²) in [5.41, 5.74) is 8.04. The molecule has 1 aromatic heterocycles. The summed E-state index contributed by atoms with van der Waals surface area (Å²) in [6.45, 7) is 0. The van der Waals surface area contributed by atoms with Gasteiger partial charge in [-0.15, -0.1) is 0 Å². The van der Waals surface area contributed by atoms with E-state index in [0.29, 0.717) is 26.7 Å². The maximum atomic E-state index is 10.4. The zero-order valence-electron chi connectivity index (χ0n) is 12.4. The predicted octanol–water partition coefficient (Wildman–Crippen LogP) is 3.90. The van der Waals surface area contributed by atoms with Crippen molar-refractivity contribution in [2.24, 2.45) is 5.73 Å². The maximum absolute atomic E-state index is 10.4. The van der Waals surface area contributed by atoms with Crippen LogP contribution in [0.4, 0.5) is 0 Å².